The minimum absolute atomic E-state index is 0.120. The average molecular weight is 674 g/mol. The van der Waals surface area contributed by atoms with Crippen LogP contribution in [-0.4, -0.2) is 79.2 Å². The van der Waals surface area contributed by atoms with E-state index < -0.39 is 18.2 Å². The largest absolute Gasteiger partial charge is 0.465 e. The lowest BCUT2D eigenvalue weighted by Crippen LogP contribution is -2.51. The molecule has 3 atom stereocenters. The Balaban J connectivity index is 1.20. The molecule has 12 nitrogen and oxygen atoms in total. The number of ether oxygens (including phenoxy) is 1. The van der Waals surface area contributed by atoms with E-state index in [0.717, 1.165) is 53.6 Å². The molecule has 6 rings (SSSR count). The first-order valence-electron chi connectivity index (χ1n) is 16.7. The van der Waals surface area contributed by atoms with E-state index in [0.29, 0.717) is 30.4 Å². The van der Waals surface area contributed by atoms with Gasteiger partial charge in [0.2, 0.25) is 5.91 Å². The number of rotatable bonds is 7. The highest BCUT2D eigenvalue weighted by Crippen LogP contribution is 2.34. The molecule has 4 aromatic rings. The predicted molar refractivity (Wildman–Crippen MR) is 186 cm³/mol. The number of methoxy groups -OCH3 is 1. The quantitative estimate of drug-likeness (QED) is 0.183. The van der Waals surface area contributed by atoms with Crippen molar-refractivity contribution in [2.45, 2.75) is 57.7 Å². The molecule has 256 valence electrons. The van der Waals surface area contributed by atoms with E-state index in [1.165, 1.54) is 12.0 Å². The van der Waals surface area contributed by atoms with Crippen LogP contribution in [0.15, 0.2) is 60.9 Å². The van der Waals surface area contributed by atoms with Crippen LogP contribution in [0.1, 0.15) is 74.5 Å². The van der Waals surface area contributed by atoms with E-state index in [2.05, 4.69) is 48.9 Å². The molecule has 3 amide bonds. The topological polar surface area (TPSA) is 157 Å². The summed E-state index contributed by atoms with van der Waals surface area (Å²) in [5, 5.41) is 12.2. The molecule has 4 N–H and O–H groups in total. The summed E-state index contributed by atoms with van der Waals surface area (Å²) in [4.78, 5) is 55.9. The van der Waals surface area contributed by atoms with Gasteiger partial charge in [0.25, 0.3) is 0 Å². The van der Waals surface area contributed by atoms with Crippen LogP contribution < -0.4 is 5.32 Å². The molecule has 2 aliphatic heterocycles. The van der Waals surface area contributed by atoms with E-state index in [4.69, 9.17) is 4.74 Å². The molecule has 0 aliphatic carbocycles. The summed E-state index contributed by atoms with van der Waals surface area (Å²) in [5.41, 5.74) is 5.01. The highest BCUT2D eigenvalue weighted by molar-refractivity contribution is 5.86. The van der Waals surface area contributed by atoms with Crippen LogP contribution in [0.25, 0.3) is 22.4 Å². The first kappa shape index (κ1) is 33.9. The highest BCUT2D eigenvalue weighted by atomic mass is 16.5. The summed E-state index contributed by atoms with van der Waals surface area (Å²) in [7, 11) is 1.28. The summed E-state index contributed by atoms with van der Waals surface area (Å²) in [5.74, 6) is 13.1. The van der Waals surface area contributed by atoms with Gasteiger partial charge >= 0.3 is 12.2 Å². The fraction of sp³-hybridized carbons (Fsp3) is 0.342. The van der Waals surface area contributed by atoms with Crippen LogP contribution in [0, 0.1) is 29.6 Å². The van der Waals surface area contributed by atoms with Gasteiger partial charge < -0.3 is 30.0 Å². The van der Waals surface area contributed by atoms with Crippen LogP contribution in [0.4, 0.5) is 9.59 Å². The van der Waals surface area contributed by atoms with Gasteiger partial charge in [-0.1, -0.05) is 56.2 Å². The molecule has 3 unspecified atom stereocenters. The third kappa shape index (κ3) is 7.35. The number of nitrogens with one attached hydrogen (secondary N) is 3. The van der Waals surface area contributed by atoms with Crippen molar-refractivity contribution in [1.82, 2.24) is 35.1 Å². The number of carbonyl (C=O) groups is 3. The van der Waals surface area contributed by atoms with Gasteiger partial charge in [-0.25, -0.2) is 19.6 Å². The monoisotopic (exact) mass is 673 g/mol. The van der Waals surface area contributed by atoms with Crippen molar-refractivity contribution < 1.29 is 24.2 Å². The number of hydrogen-bond acceptors (Lipinski definition) is 6. The second-order valence-corrected chi connectivity index (χ2v) is 12.7. The number of hydrogen-bond donors (Lipinski definition) is 4. The van der Waals surface area contributed by atoms with Crippen LogP contribution in [0.3, 0.4) is 0 Å². The number of aromatic nitrogens is 4. The third-order valence-electron chi connectivity index (χ3n) is 9.12. The molecule has 4 heterocycles. The van der Waals surface area contributed by atoms with Crippen molar-refractivity contribution in [2.75, 3.05) is 20.2 Å². The molecule has 0 saturated carbocycles. The summed E-state index contributed by atoms with van der Waals surface area (Å²) >= 11 is 0. The SMILES string of the molecule is COC(=O)NC(C(=O)N1CCCC1c1ncc(C#CC#Cc2ccc(-c3cnc(C4CCCN4C(=O)O)[nH]3)cc2-c2ccccc2)[nH]1)C(C)C. The summed E-state index contributed by atoms with van der Waals surface area (Å²) in [6.45, 7) is 4.83. The van der Waals surface area contributed by atoms with Gasteiger partial charge in [0.15, 0.2) is 0 Å². The third-order valence-corrected chi connectivity index (χ3v) is 9.12. The van der Waals surface area contributed by atoms with Crippen LogP contribution >= 0.6 is 0 Å². The molecule has 2 aromatic heterocycles. The van der Waals surface area contributed by atoms with Crippen molar-refractivity contribution in [3.05, 3.63) is 83.8 Å². The molecule has 12 heteroatoms. The Morgan fingerprint density at radius 2 is 1.58 bits per heavy atom. The van der Waals surface area contributed by atoms with Crippen molar-refractivity contribution in [1.29, 1.82) is 0 Å². The maximum atomic E-state index is 13.4. The van der Waals surface area contributed by atoms with E-state index in [-0.39, 0.29) is 23.9 Å². The van der Waals surface area contributed by atoms with Gasteiger partial charge in [-0.05, 0) is 72.6 Å². The average Bonchev–Trinajstić information content (AvgIpc) is 3.95. The Morgan fingerprint density at radius 1 is 0.900 bits per heavy atom. The van der Waals surface area contributed by atoms with Gasteiger partial charge in [0, 0.05) is 24.2 Å². The Kier molecular flexibility index (Phi) is 10.2. The van der Waals surface area contributed by atoms with Crippen LogP contribution in [-0.2, 0) is 9.53 Å². The molecule has 2 fully saturated rings. The number of carboxylic acid groups (broad SMARTS) is 1. The normalized spacial score (nSPS) is 17.4. The Hall–Kier alpha value is -6.01. The maximum absolute atomic E-state index is 13.4. The number of likely N-dealkylation sites (tertiary alicyclic amines) is 2. The van der Waals surface area contributed by atoms with E-state index >= 15 is 0 Å². The molecule has 0 bridgehead atoms. The van der Waals surface area contributed by atoms with Gasteiger partial charge in [-0.3, -0.25) is 9.69 Å². The van der Waals surface area contributed by atoms with Crippen molar-refractivity contribution in [3.63, 3.8) is 0 Å². The standard InChI is InChI=1S/C38H39N7O5/c1-24(2)33(43-37(47)50-3)36(46)44-19-9-15-31(44)34-39-22-28(41-34)14-8-7-13-26-17-18-27(21-29(26)25-11-5-4-6-12-25)30-23-40-35(42-30)32-16-10-20-45(32)38(48)49/h4-6,11-12,17-18,21-24,31-33H,9-10,15-16,19-20H2,1-3H3,(H,39,41)(H,40,42)(H,43,47)(H,48,49). The molecule has 50 heavy (non-hydrogen) atoms. The molecular weight excluding hydrogens is 634 g/mol. The van der Waals surface area contributed by atoms with Crippen LogP contribution in [0.2, 0.25) is 0 Å². The van der Waals surface area contributed by atoms with E-state index in [1.54, 1.807) is 17.3 Å². The number of nitrogens with zero attached hydrogens (tertiary/aromatic N) is 4. The second kappa shape index (κ2) is 15.0. The smallest absolute Gasteiger partial charge is 0.407 e. The molecule has 2 saturated heterocycles. The Morgan fingerprint density at radius 3 is 2.30 bits per heavy atom. The lowest BCUT2D eigenvalue weighted by molar-refractivity contribution is -0.135. The van der Waals surface area contributed by atoms with E-state index in [1.807, 2.05) is 62.4 Å². The minimum Gasteiger partial charge on any atom is -0.465 e. The molecule has 0 spiro atoms. The number of alkyl carbamates (subject to hydrolysis) is 1. The number of carbonyl (C=O) groups excluding carboxylic acids is 2. The zero-order chi connectivity index (χ0) is 35.2. The Labute approximate surface area is 290 Å². The number of imidazole rings is 2. The number of aromatic amines is 2. The van der Waals surface area contributed by atoms with Gasteiger partial charge in [0.05, 0.1) is 37.3 Å². The highest BCUT2D eigenvalue weighted by Gasteiger charge is 2.37. The van der Waals surface area contributed by atoms with Gasteiger partial charge in [-0.15, -0.1) is 0 Å². The van der Waals surface area contributed by atoms with Crippen molar-refractivity contribution in [2.24, 2.45) is 5.92 Å². The summed E-state index contributed by atoms with van der Waals surface area (Å²) in [6.07, 6.45) is 4.91. The molecule has 0 radical (unpaired) electrons. The number of H-pyrrole nitrogens is 2. The fourth-order valence-corrected chi connectivity index (χ4v) is 6.57. The summed E-state index contributed by atoms with van der Waals surface area (Å²) in [6, 6.07) is 14.7. The molecule has 2 aliphatic rings. The maximum Gasteiger partial charge on any atom is 0.407 e. The molecule has 2 aromatic carbocycles. The number of benzene rings is 2. The van der Waals surface area contributed by atoms with E-state index in [9.17, 15) is 19.5 Å². The fourth-order valence-electron chi connectivity index (χ4n) is 6.57. The Bertz CT molecular complexity index is 2000. The minimum atomic E-state index is -0.936. The zero-order valence-corrected chi connectivity index (χ0v) is 28.2. The first-order chi connectivity index (χ1) is 24.2. The second-order valence-electron chi connectivity index (χ2n) is 12.7. The van der Waals surface area contributed by atoms with Crippen LogP contribution in [0.5, 0.6) is 0 Å². The predicted octanol–water partition coefficient (Wildman–Crippen LogP) is 5.73. The number of amides is 3. The van der Waals surface area contributed by atoms with Gasteiger partial charge in [-0.2, -0.15) is 0 Å². The lowest BCUT2D eigenvalue weighted by atomic mass is 9.96. The summed E-state index contributed by atoms with van der Waals surface area (Å²) < 4.78 is 4.73. The van der Waals surface area contributed by atoms with Gasteiger partial charge in [0.1, 0.15) is 23.4 Å². The molecular formula is C38H39N7O5. The van der Waals surface area contributed by atoms with Crippen molar-refractivity contribution >= 4 is 18.1 Å². The first-order valence-corrected chi connectivity index (χ1v) is 16.7. The zero-order valence-electron chi connectivity index (χ0n) is 28.2. The van der Waals surface area contributed by atoms with Crippen molar-refractivity contribution in [3.8, 4) is 46.1 Å². The lowest BCUT2D eigenvalue weighted by Gasteiger charge is -2.29.